The lowest BCUT2D eigenvalue weighted by Crippen LogP contribution is -2.49. The number of amides is 1. The number of halogens is 1. The van der Waals surface area contributed by atoms with E-state index in [4.69, 9.17) is 21.4 Å². The Bertz CT molecular complexity index is 1190. The van der Waals surface area contributed by atoms with E-state index in [0.29, 0.717) is 41.2 Å². The van der Waals surface area contributed by atoms with Gasteiger partial charge in [0.2, 0.25) is 0 Å². The summed E-state index contributed by atoms with van der Waals surface area (Å²) in [5, 5.41) is 19.7. The van der Waals surface area contributed by atoms with Gasteiger partial charge in [-0.15, -0.1) is 0 Å². The van der Waals surface area contributed by atoms with Gasteiger partial charge in [0, 0.05) is 25.8 Å². The van der Waals surface area contributed by atoms with Gasteiger partial charge in [0.1, 0.15) is 5.75 Å². The first kappa shape index (κ1) is 24.0. The lowest BCUT2D eigenvalue weighted by Gasteiger charge is -2.36. The minimum absolute atomic E-state index is 0.00133. The summed E-state index contributed by atoms with van der Waals surface area (Å²) in [6.07, 6.45) is 0.489. The molecule has 8 nitrogen and oxygen atoms in total. The number of likely N-dealkylation sites (tertiary alicyclic amines) is 1. The molecule has 1 fully saturated rings. The Morgan fingerprint density at radius 3 is 2.50 bits per heavy atom. The van der Waals surface area contributed by atoms with Crippen LogP contribution in [0.5, 0.6) is 5.75 Å². The molecule has 2 aromatic carbocycles. The second kappa shape index (κ2) is 10.0. The standard InChI is InChI=1S/C24H24ClN3O5S/c1-14(2)33-20-8-5-16(9-19(20)25)21-10-26-23(34-21)28(24(31)32)18-6-3-15(4-7-18)11-27-12-17(13-27)22(29)30/h3-10,14,17H,11-13H2,1-2H3,(H,29,30)(H,31,32). The predicted octanol–water partition coefficient (Wildman–Crippen LogP) is 5.58. The van der Waals surface area contributed by atoms with Gasteiger partial charge >= 0.3 is 12.1 Å². The third kappa shape index (κ3) is 5.32. The van der Waals surface area contributed by atoms with Crippen molar-refractivity contribution in [3.05, 3.63) is 59.2 Å². The first-order valence-corrected chi connectivity index (χ1v) is 11.9. The Balaban J connectivity index is 1.49. The molecule has 1 amide bonds. The Hall–Kier alpha value is -3.14. The number of ether oxygens (including phenoxy) is 1. The Morgan fingerprint density at radius 1 is 1.21 bits per heavy atom. The largest absolute Gasteiger partial charge is 0.489 e. The molecule has 0 atom stereocenters. The third-order valence-electron chi connectivity index (χ3n) is 5.36. The van der Waals surface area contributed by atoms with E-state index in [1.165, 1.54) is 11.3 Å². The van der Waals surface area contributed by atoms with Crippen molar-refractivity contribution in [2.75, 3.05) is 18.0 Å². The summed E-state index contributed by atoms with van der Waals surface area (Å²) >= 11 is 7.60. The highest BCUT2D eigenvalue weighted by Gasteiger charge is 2.32. The maximum Gasteiger partial charge on any atom is 0.418 e. The number of nitrogens with zero attached hydrogens (tertiary/aromatic N) is 3. The summed E-state index contributed by atoms with van der Waals surface area (Å²) in [6.45, 7) is 5.51. The van der Waals surface area contributed by atoms with Gasteiger partial charge < -0.3 is 14.9 Å². The number of hydrogen-bond acceptors (Lipinski definition) is 6. The molecule has 1 aliphatic rings. The van der Waals surface area contributed by atoms with Crippen LogP contribution >= 0.6 is 22.9 Å². The van der Waals surface area contributed by atoms with Crippen LogP contribution in [0.4, 0.5) is 15.6 Å². The number of carboxylic acids is 1. The first-order chi connectivity index (χ1) is 16.2. The Labute approximate surface area is 206 Å². The second-order valence-electron chi connectivity index (χ2n) is 8.33. The monoisotopic (exact) mass is 501 g/mol. The van der Waals surface area contributed by atoms with E-state index in [1.54, 1.807) is 30.5 Å². The van der Waals surface area contributed by atoms with Gasteiger partial charge in [-0.05, 0) is 55.3 Å². The van der Waals surface area contributed by atoms with Gasteiger partial charge in [0.15, 0.2) is 5.13 Å². The van der Waals surface area contributed by atoms with Crippen molar-refractivity contribution in [1.82, 2.24) is 9.88 Å². The minimum atomic E-state index is -1.14. The zero-order valence-corrected chi connectivity index (χ0v) is 20.2. The van der Waals surface area contributed by atoms with Crippen molar-refractivity contribution in [3.63, 3.8) is 0 Å². The molecule has 2 heterocycles. The second-order valence-corrected chi connectivity index (χ2v) is 9.75. The van der Waals surface area contributed by atoms with Crippen LogP contribution in [0.3, 0.4) is 0 Å². The first-order valence-electron chi connectivity index (χ1n) is 10.7. The van der Waals surface area contributed by atoms with Crippen LogP contribution in [0.15, 0.2) is 48.7 Å². The normalized spacial score (nSPS) is 14.1. The van der Waals surface area contributed by atoms with Crippen LogP contribution in [0, 0.1) is 5.92 Å². The fourth-order valence-electron chi connectivity index (χ4n) is 3.67. The Kier molecular flexibility index (Phi) is 7.06. The molecule has 1 saturated heterocycles. The molecular weight excluding hydrogens is 478 g/mol. The minimum Gasteiger partial charge on any atom is -0.489 e. The summed E-state index contributed by atoms with van der Waals surface area (Å²) < 4.78 is 5.67. The topological polar surface area (TPSA) is 103 Å². The maximum absolute atomic E-state index is 12.1. The molecule has 2 N–H and O–H groups in total. The van der Waals surface area contributed by atoms with Crippen LogP contribution in [-0.2, 0) is 11.3 Å². The van der Waals surface area contributed by atoms with E-state index in [2.05, 4.69) is 4.98 Å². The lowest BCUT2D eigenvalue weighted by molar-refractivity contribution is -0.147. The molecule has 0 aliphatic carbocycles. The molecule has 178 valence electrons. The van der Waals surface area contributed by atoms with Crippen molar-refractivity contribution in [3.8, 4) is 16.2 Å². The quantitative estimate of drug-likeness (QED) is 0.415. The highest BCUT2D eigenvalue weighted by molar-refractivity contribution is 7.19. The molecule has 34 heavy (non-hydrogen) atoms. The molecule has 0 spiro atoms. The Morgan fingerprint density at radius 2 is 1.91 bits per heavy atom. The van der Waals surface area contributed by atoms with Crippen LogP contribution in [0.25, 0.3) is 10.4 Å². The van der Waals surface area contributed by atoms with E-state index in [0.717, 1.165) is 20.9 Å². The zero-order chi connectivity index (χ0) is 24.4. The van der Waals surface area contributed by atoms with Crippen LogP contribution in [0.1, 0.15) is 19.4 Å². The van der Waals surface area contributed by atoms with Crippen LogP contribution in [0.2, 0.25) is 5.02 Å². The molecule has 4 rings (SSSR count). The molecule has 0 bridgehead atoms. The van der Waals surface area contributed by atoms with Crippen LogP contribution < -0.4 is 9.64 Å². The molecule has 3 aromatic rings. The van der Waals surface area contributed by atoms with Gasteiger partial charge in [-0.25, -0.2) is 14.7 Å². The number of anilines is 2. The maximum atomic E-state index is 12.1. The molecule has 0 unspecified atom stereocenters. The number of carboxylic acid groups (broad SMARTS) is 2. The van der Waals surface area contributed by atoms with Gasteiger partial charge in [-0.1, -0.05) is 35.1 Å². The average Bonchev–Trinajstić information content (AvgIpc) is 3.22. The number of benzene rings is 2. The molecule has 10 heteroatoms. The number of aromatic nitrogens is 1. The van der Waals surface area contributed by atoms with Crippen molar-refractivity contribution in [2.24, 2.45) is 5.92 Å². The summed E-state index contributed by atoms with van der Waals surface area (Å²) in [7, 11) is 0. The molecule has 1 aromatic heterocycles. The van der Waals surface area contributed by atoms with E-state index in [9.17, 15) is 14.7 Å². The summed E-state index contributed by atoms with van der Waals surface area (Å²) in [4.78, 5) is 31.3. The van der Waals surface area contributed by atoms with Crippen molar-refractivity contribution < 1.29 is 24.5 Å². The predicted molar refractivity (Wildman–Crippen MR) is 131 cm³/mol. The van der Waals surface area contributed by atoms with E-state index in [1.807, 2.05) is 36.9 Å². The van der Waals surface area contributed by atoms with E-state index in [-0.39, 0.29) is 12.0 Å². The number of carbonyl (C=O) groups is 2. The number of rotatable bonds is 8. The van der Waals surface area contributed by atoms with Gasteiger partial charge in [0.25, 0.3) is 0 Å². The summed E-state index contributed by atoms with van der Waals surface area (Å²) in [5.74, 6) is -0.488. The van der Waals surface area contributed by atoms with E-state index < -0.39 is 12.1 Å². The van der Waals surface area contributed by atoms with E-state index >= 15 is 0 Å². The van der Waals surface area contributed by atoms with Gasteiger partial charge in [-0.2, -0.15) is 0 Å². The highest BCUT2D eigenvalue weighted by atomic mass is 35.5. The van der Waals surface area contributed by atoms with Crippen molar-refractivity contribution in [2.45, 2.75) is 26.5 Å². The molecule has 0 radical (unpaired) electrons. The van der Waals surface area contributed by atoms with Gasteiger partial charge in [0.05, 0.1) is 27.6 Å². The summed E-state index contributed by atoms with van der Waals surface area (Å²) in [5.41, 5.74) is 2.28. The molecule has 0 saturated carbocycles. The van der Waals surface area contributed by atoms with Gasteiger partial charge in [-0.3, -0.25) is 9.69 Å². The highest BCUT2D eigenvalue weighted by Crippen LogP contribution is 2.38. The lowest BCUT2D eigenvalue weighted by atomic mass is 9.99. The molecular formula is C24H24ClN3O5S. The van der Waals surface area contributed by atoms with Crippen molar-refractivity contribution in [1.29, 1.82) is 0 Å². The fourth-order valence-corrected chi connectivity index (χ4v) is 4.82. The average molecular weight is 502 g/mol. The smallest absolute Gasteiger partial charge is 0.418 e. The fraction of sp³-hybridized carbons (Fsp3) is 0.292. The zero-order valence-electron chi connectivity index (χ0n) is 18.6. The third-order valence-corrected chi connectivity index (χ3v) is 6.69. The van der Waals surface area contributed by atoms with Crippen molar-refractivity contribution >= 4 is 45.8 Å². The number of hydrogen-bond donors (Lipinski definition) is 2. The number of aliphatic carboxylic acids is 1. The van der Waals surface area contributed by atoms with Crippen LogP contribution in [-0.4, -0.2) is 51.4 Å². The molecule has 1 aliphatic heterocycles. The summed E-state index contributed by atoms with van der Waals surface area (Å²) in [6, 6.07) is 12.6. The number of thiazole rings is 1. The SMILES string of the molecule is CC(C)Oc1ccc(-c2cnc(N(C(=O)O)c3ccc(CN4CC(C(=O)O)C4)cc3)s2)cc1Cl.